The number of benzene rings is 1. The van der Waals surface area contributed by atoms with Crippen LogP contribution in [0.15, 0.2) is 39.5 Å². The predicted molar refractivity (Wildman–Crippen MR) is 117 cm³/mol. The third-order valence-electron chi connectivity index (χ3n) is 4.31. The largest absolute Gasteiger partial charge is 0.480 e. The van der Waals surface area contributed by atoms with E-state index in [4.69, 9.17) is 20.4 Å². The van der Waals surface area contributed by atoms with Crippen LogP contribution < -0.4 is 22.0 Å². The molecule has 1 aromatic carbocycles. The summed E-state index contributed by atoms with van der Waals surface area (Å²) in [4.78, 5) is 70.6. The van der Waals surface area contributed by atoms with Crippen molar-refractivity contribution in [2.24, 2.45) is 5.73 Å². The third-order valence-corrected chi connectivity index (χ3v) is 5.29. The SMILES string of the molecule is N[C@@H](CCC(=O)N[C@@H](CSC(=O)c1cc2ccccc2oc1=O)C(=O)NCC(=O)O)C(=O)O. The molecule has 176 valence electrons. The summed E-state index contributed by atoms with van der Waals surface area (Å²) >= 11 is 0.554. The molecule has 0 aliphatic rings. The van der Waals surface area contributed by atoms with Gasteiger partial charge in [-0.05, 0) is 18.6 Å². The number of fused-ring (bicyclic) bond motifs is 1. The van der Waals surface area contributed by atoms with Gasteiger partial charge in [0.05, 0.1) is 0 Å². The van der Waals surface area contributed by atoms with Gasteiger partial charge in [0.15, 0.2) is 0 Å². The van der Waals surface area contributed by atoms with Crippen molar-refractivity contribution in [3.05, 3.63) is 46.3 Å². The number of aliphatic carboxylic acids is 2. The van der Waals surface area contributed by atoms with Gasteiger partial charge in [-0.3, -0.25) is 24.0 Å². The van der Waals surface area contributed by atoms with E-state index in [0.29, 0.717) is 22.7 Å². The zero-order valence-corrected chi connectivity index (χ0v) is 17.9. The Morgan fingerprint density at radius 1 is 1.12 bits per heavy atom. The molecule has 0 aliphatic heterocycles. The molecule has 0 unspecified atom stereocenters. The number of nitrogens with two attached hydrogens (primary N) is 1. The lowest BCUT2D eigenvalue weighted by Crippen LogP contribution is -2.49. The zero-order valence-electron chi connectivity index (χ0n) is 17.1. The Labute approximate surface area is 190 Å². The highest BCUT2D eigenvalue weighted by atomic mass is 32.2. The van der Waals surface area contributed by atoms with Crippen LogP contribution in [0.1, 0.15) is 23.2 Å². The highest BCUT2D eigenvalue weighted by Crippen LogP contribution is 2.17. The van der Waals surface area contributed by atoms with E-state index >= 15 is 0 Å². The molecular formula is C20H21N3O9S. The fraction of sp³-hybridized carbons (Fsp3) is 0.300. The highest BCUT2D eigenvalue weighted by molar-refractivity contribution is 8.14. The van der Waals surface area contributed by atoms with Crippen LogP contribution in [0, 0.1) is 0 Å². The molecule has 0 saturated carbocycles. The number of hydrogen-bond acceptors (Lipinski definition) is 9. The first-order valence-electron chi connectivity index (χ1n) is 9.55. The second kappa shape index (κ2) is 11.8. The molecule has 1 heterocycles. The number of amides is 2. The van der Waals surface area contributed by atoms with E-state index in [1.165, 1.54) is 6.07 Å². The summed E-state index contributed by atoms with van der Waals surface area (Å²) < 4.78 is 5.11. The van der Waals surface area contributed by atoms with E-state index in [1.807, 2.05) is 0 Å². The molecule has 1 aromatic heterocycles. The molecule has 0 saturated heterocycles. The first kappa shape index (κ1) is 25.5. The van der Waals surface area contributed by atoms with Crippen molar-refractivity contribution in [1.29, 1.82) is 0 Å². The lowest BCUT2D eigenvalue weighted by Gasteiger charge is -2.17. The maximum Gasteiger partial charge on any atom is 0.348 e. The van der Waals surface area contributed by atoms with E-state index < -0.39 is 53.1 Å². The number of rotatable bonds is 11. The molecule has 33 heavy (non-hydrogen) atoms. The fourth-order valence-corrected chi connectivity index (χ4v) is 3.44. The number of carboxylic acids is 2. The minimum absolute atomic E-state index is 0.200. The van der Waals surface area contributed by atoms with Crippen LogP contribution in [0.3, 0.4) is 0 Å². The molecule has 13 heteroatoms. The Morgan fingerprint density at radius 2 is 1.82 bits per heavy atom. The van der Waals surface area contributed by atoms with Crippen molar-refractivity contribution in [2.75, 3.05) is 12.3 Å². The number of hydrogen-bond donors (Lipinski definition) is 5. The molecule has 6 N–H and O–H groups in total. The Hall–Kier alpha value is -3.71. The molecule has 0 radical (unpaired) electrons. The Balaban J connectivity index is 2.09. The molecule has 2 atom stereocenters. The lowest BCUT2D eigenvalue weighted by molar-refractivity contribution is -0.139. The average Bonchev–Trinajstić information content (AvgIpc) is 2.77. The summed E-state index contributed by atoms with van der Waals surface area (Å²) in [5.41, 5.74) is 4.50. The monoisotopic (exact) mass is 479 g/mol. The number of carbonyl (C=O) groups is 5. The Kier molecular flexibility index (Phi) is 9.12. The first-order chi connectivity index (χ1) is 15.6. The van der Waals surface area contributed by atoms with Gasteiger partial charge in [0.25, 0.3) is 0 Å². The van der Waals surface area contributed by atoms with Gasteiger partial charge in [0, 0.05) is 17.6 Å². The minimum Gasteiger partial charge on any atom is -0.480 e. The maximum absolute atomic E-state index is 12.6. The average molecular weight is 479 g/mol. The number of carboxylic acid groups (broad SMARTS) is 2. The zero-order chi connectivity index (χ0) is 24.5. The van der Waals surface area contributed by atoms with Crippen molar-refractivity contribution in [3.63, 3.8) is 0 Å². The number of carbonyl (C=O) groups excluding carboxylic acids is 3. The molecular weight excluding hydrogens is 458 g/mol. The number of nitrogens with one attached hydrogen (secondary N) is 2. The molecule has 0 spiro atoms. The summed E-state index contributed by atoms with van der Waals surface area (Å²) in [5.74, 6) is -4.54. The van der Waals surface area contributed by atoms with Crippen LogP contribution in [-0.4, -0.2) is 63.5 Å². The van der Waals surface area contributed by atoms with Gasteiger partial charge in [0.2, 0.25) is 16.9 Å². The van der Waals surface area contributed by atoms with Crippen molar-refractivity contribution in [2.45, 2.75) is 24.9 Å². The molecule has 2 rings (SSSR count). The molecule has 2 aromatic rings. The quantitative estimate of drug-likeness (QED) is 0.261. The molecule has 12 nitrogen and oxygen atoms in total. The van der Waals surface area contributed by atoms with Crippen LogP contribution in [0.25, 0.3) is 11.0 Å². The van der Waals surface area contributed by atoms with Crippen molar-refractivity contribution >= 4 is 51.6 Å². The summed E-state index contributed by atoms with van der Waals surface area (Å²) in [6.07, 6.45) is -0.516. The van der Waals surface area contributed by atoms with Gasteiger partial charge >= 0.3 is 17.6 Å². The van der Waals surface area contributed by atoms with Gasteiger partial charge in [0.1, 0.15) is 29.8 Å². The predicted octanol–water partition coefficient (Wildman–Crippen LogP) is -0.456. The van der Waals surface area contributed by atoms with Gasteiger partial charge < -0.3 is 31.0 Å². The van der Waals surface area contributed by atoms with Crippen LogP contribution >= 0.6 is 11.8 Å². The van der Waals surface area contributed by atoms with E-state index in [0.717, 1.165) is 0 Å². The van der Waals surface area contributed by atoms with Crippen LogP contribution in [0.5, 0.6) is 0 Å². The molecule has 0 aliphatic carbocycles. The van der Waals surface area contributed by atoms with E-state index in [9.17, 15) is 28.8 Å². The summed E-state index contributed by atoms with van der Waals surface area (Å²) in [6, 6.07) is 5.29. The van der Waals surface area contributed by atoms with Crippen molar-refractivity contribution < 1.29 is 38.6 Å². The van der Waals surface area contributed by atoms with E-state index in [1.54, 1.807) is 24.3 Å². The summed E-state index contributed by atoms with van der Waals surface area (Å²) in [6.45, 7) is -0.720. The van der Waals surface area contributed by atoms with Crippen LogP contribution in [0.2, 0.25) is 0 Å². The lowest BCUT2D eigenvalue weighted by atomic mass is 10.1. The first-order valence-corrected chi connectivity index (χ1v) is 10.5. The number of para-hydroxylation sites is 1. The molecule has 0 bridgehead atoms. The van der Waals surface area contributed by atoms with Gasteiger partial charge in [-0.2, -0.15) is 0 Å². The summed E-state index contributed by atoms with van der Waals surface area (Å²) in [5, 5.41) is 21.7. The molecule has 2 amide bonds. The van der Waals surface area contributed by atoms with Crippen LogP contribution in [-0.2, 0) is 19.2 Å². The summed E-state index contributed by atoms with van der Waals surface area (Å²) in [7, 11) is 0. The van der Waals surface area contributed by atoms with Crippen LogP contribution in [0.4, 0.5) is 0 Å². The second-order valence-corrected chi connectivity index (χ2v) is 7.79. The maximum atomic E-state index is 12.6. The fourth-order valence-electron chi connectivity index (χ4n) is 2.59. The smallest absolute Gasteiger partial charge is 0.348 e. The van der Waals surface area contributed by atoms with E-state index in [2.05, 4.69) is 10.6 Å². The number of thioether (sulfide) groups is 1. The van der Waals surface area contributed by atoms with Gasteiger partial charge in [-0.1, -0.05) is 30.0 Å². The normalized spacial score (nSPS) is 12.5. The molecule has 0 fully saturated rings. The Morgan fingerprint density at radius 3 is 2.48 bits per heavy atom. The topological polar surface area (TPSA) is 206 Å². The minimum atomic E-state index is -1.33. The van der Waals surface area contributed by atoms with Gasteiger partial charge in [-0.25, -0.2) is 4.79 Å². The van der Waals surface area contributed by atoms with Crippen molar-refractivity contribution in [1.82, 2.24) is 10.6 Å². The van der Waals surface area contributed by atoms with Gasteiger partial charge in [-0.15, -0.1) is 0 Å². The van der Waals surface area contributed by atoms with Crippen molar-refractivity contribution in [3.8, 4) is 0 Å². The highest BCUT2D eigenvalue weighted by Gasteiger charge is 2.25. The van der Waals surface area contributed by atoms with E-state index in [-0.39, 0.29) is 24.2 Å². The Bertz CT molecular complexity index is 1130. The third kappa shape index (κ3) is 7.73. The standard InChI is InChI=1S/C20H21N3O9S/c21-12(18(28)29)5-6-15(24)23-13(17(27)22-8-16(25)26)9-33-20(31)11-7-10-3-1-2-4-14(10)32-19(11)30/h1-4,7,12-13H,5-6,8-9,21H2,(H,22,27)(H,23,24)(H,25,26)(H,28,29)/t12-,13-/m0/s1. The second-order valence-electron chi connectivity index (χ2n) is 6.80.